The first-order chi connectivity index (χ1) is 18.1. The van der Waals surface area contributed by atoms with Gasteiger partial charge in [-0.05, 0) is 79.3 Å². The molecule has 2 amide bonds. The summed E-state index contributed by atoms with van der Waals surface area (Å²) in [6.45, 7) is 2.44. The number of ether oxygens (including phenoxy) is 2. The number of pyridine rings is 1. The van der Waals surface area contributed by atoms with Crippen LogP contribution in [0.1, 0.15) is 36.0 Å². The Balaban J connectivity index is 1.38. The first-order valence-electron chi connectivity index (χ1n) is 12.9. The molecule has 0 radical (unpaired) electrons. The van der Waals surface area contributed by atoms with Gasteiger partial charge in [-0.15, -0.1) is 0 Å². The van der Waals surface area contributed by atoms with Crippen molar-refractivity contribution in [3.63, 3.8) is 0 Å². The third-order valence-corrected chi connectivity index (χ3v) is 6.71. The van der Waals surface area contributed by atoms with E-state index in [-0.39, 0.29) is 23.8 Å². The molecule has 1 aromatic heterocycles. The van der Waals surface area contributed by atoms with E-state index in [1.165, 1.54) is 0 Å². The van der Waals surface area contributed by atoms with Crippen LogP contribution in [0.5, 0.6) is 0 Å². The molecular formula is C29H32N4O4. The molecule has 2 saturated heterocycles. The summed E-state index contributed by atoms with van der Waals surface area (Å²) in [5.41, 5.74) is 3.94. The molecule has 0 aliphatic carbocycles. The van der Waals surface area contributed by atoms with Crippen molar-refractivity contribution in [2.75, 3.05) is 37.0 Å². The third-order valence-electron chi connectivity index (χ3n) is 6.71. The van der Waals surface area contributed by atoms with Gasteiger partial charge < -0.3 is 25.4 Å². The van der Waals surface area contributed by atoms with Gasteiger partial charge in [0.2, 0.25) is 5.91 Å². The van der Waals surface area contributed by atoms with E-state index in [9.17, 15) is 9.59 Å². The molecule has 0 bridgehead atoms. The van der Waals surface area contributed by atoms with E-state index >= 15 is 0 Å². The largest absolute Gasteiger partial charge is 0.381 e. The van der Waals surface area contributed by atoms with Crippen LogP contribution >= 0.6 is 0 Å². The number of aromatic nitrogens is 1. The van der Waals surface area contributed by atoms with Crippen LogP contribution in [0.3, 0.4) is 0 Å². The minimum absolute atomic E-state index is 0.0401. The third kappa shape index (κ3) is 6.72. The monoisotopic (exact) mass is 500 g/mol. The van der Waals surface area contributed by atoms with E-state index in [1.807, 2.05) is 60.7 Å². The molecule has 0 spiro atoms. The summed E-state index contributed by atoms with van der Waals surface area (Å²) in [6.07, 6.45) is 5.14. The highest BCUT2D eigenvalue weighted by molar-refractivity contribution is 5.97. The lowest BCUT2D eigenvalue weighted by Crippen LogP contribution is -2.31. The SMILES string of the molecule is O=C(NCC1CCCO1)c1cc(Nc2ccccc2)cc(-c2ccnc(NC(=O)C3CCOCC3)c2)c1. The molecule has 8 nitrogen and oxygen atoms in total. The summed E-state index contributed by atoms with van der Waals surface area (Å²) >= 11 is 0. The maximum Gasteiger partial charge on any atom is 0.251 e. The summed E-state index contributed by atoms with van der Waals surface area (Å²) in [4.78, 5) is 30.2. The fourth-order valence-corrected chi connectivity index (χ4v) is 4.67. The topological polar surface area (TPSA) is 102 Å². The van der Waals surface area contributed by atoms with Gasteiger partial charge in [0.25, 0.3) is 5.91 Å². The number of carbonyl (C=O) groups is 2. The van der Waals surface area contributed by atoms with Gasteiger partial charge in [0.1, 0.15) is 5.82 Å². The molecule has 2 aliphatic rings. The van der Waals surface area contributed by atoms with Crippen molar-refractivity contribution in [3.05, 3.63) is 72.4 Å². The quantitative estimate of drug-likeness (QED) is 0.412. The number of rotatable bonds is 8. The molecule has 1 atom stereocenters. The zero-order valence-electron chi connectivity index (χ0n) is 20.7. The fraction of sp³-hybridized carbons (Fsp3) is 0.345. The van der Waals surface area contributed by atoms with E-state index < -0.39 is 0 Å². The first kappa shape index (κ1) is 24.9. The van der Waals surface area contributed by atoms with Gasteiger partial charge in [-0.1, -0.05) is 18.2 Å². The summed E-state index contributed by atoms with van der Waals surface area (Å²) in [6, 6.07) is 19.2. The van der Waals surface area contributed by atoms with Crippen LogP contribution in [-0.4, -0.2) is 49.3 Å². The molecule has 3 heterocycles. The lowest BCUT2D eigenvalue weighted by molar-refractivity contribution is -0.122. The number of hydrogen-bond donors (Lipinski definition) is 3. The van der Waals surface area contributed by atoms with Gasteiger partial charge in [0, 0.05) is 55.4 Å². The lowest BCUT2D eigenvalue weighted by atomic mass is 9.99. The second-order valence-electron chi connectivity index (χ2n) is 9.44. The van der Waals surface area contributed by atoms with Crippen molar-refractivity contribution < 1.29 is 19.1 Å². The number of nitrogens with one attached hydrogen (secondary N) is 3. The number of nitrogens with zero attached hydrogens (tertiary/aromatic N) is 1. The maximum atomic E-state index is 13.1. The molecular weight excluding hydrogens is 468 g/mol. The highest BCUT2D eigenvalue weighted by atomic mass is 16.5. The highest BCUT2D eigenvalue weighted by Crippen LogP contribution is 2.28. The molecule has 5 rings (SSSR count). The Morgan fingerprint density at radius 2 is 1.73 bits per heavy atom. The van der Waals surface area contributed by atoms with Crippen LogP contribution in [0.2, 0.25) is 0 Å². The van der Waals surface area contributed by atoms with E-state index in [1.54, 1.807) is 6.20 Å². The Kier molecular flexibility index (Phi) is 8.08. The first-order valence-corrected chi connectivity index (χ1v) is 12.9. The van der Waals surface area contributed by atoms with Crippen molar-refractivity contribution in [1.82, 2.24) is 10.3 Å². The lowest BCUT2D eigenvalue weighted by Gasteiger charge is -2.21. The zero-order valence-corrected chi connectivity index (χ0v) is 20.7. The van der Waals surface area contributed by atoms with Gasteiger partial charge in [-0.2, -0.15) is 0 Å². The Labute approximate surface area is 216 Å². The number of para-hydroxylation sites is 1. The predicted octanol–water partition coefficient (Wildman–Crippen LogP) is 4.77. The van der Waals surface area contributed by atoms with E-state index in [0.29, 0.717) is 44.0 Å². The van der Waals surface area contributed by atoms with Gasteiger partial charge in [0.15, 0.2) is 0 Å². The summed E-state index contributed by atoms with van der Waals surface area (Å²) < 4.78 is 11.0. The number of hydrogen-bond acceptors (Lipinski definition) is 6. The van der Waals surface area contributed by atoms with Crippen molar-refractivity contribution in [3.8, 4) is 11.1 Å². The summed E-state index contributed by atoms with van der Waals surface area (Å²) in [5.74, 6) is 0.216. The Morgan fingerprint density at radius 3 is 2.51 bits per heavy atom. The number of carbonyl (C=O) groups excluding carboxylic acids is 2. The minimum Gasteiger partial charge on any atom is -0.381 e. The van der Waals surface area contributed by atoms with Crippen molar-refractivity contribution in [2.45, 2.75) is 31.8 Å². The smallest absolute Gasteiger partial charge is 0.251 e. The average Bonchev–Trinajstić information content (AvgIpc) is 3.46. The molecule has 37 heavy (non-hydrogen) atoms. The number of benzene rings is 2. The van der Waals surface area contributed by atoms with Crippen LogP contribution in [0.4, 0.5) is 17.2 Å². The highest BCUT2D eigenvalue weighted by Gasteiger charge is 2.22. The Hall–Kier alpha value is -3.75. The normalized spacial score (nSPS) is 17.8. The van der Waals surface area contributed by atoms with Crippen LogP contribution < -0.4 is 16.0 Å². The molecule has 192 valence electrons. The molecule has 1 unspecified atom stereocenters. The molecule has 2 aliphatic heterocycles. The second kappa shape index (κ2) is 12.0. The maximum absolute atomic E-state index is 13.1. The summed E-state index contributed by atoms with van der Waals surface area (Å²) in [7, 11) is 0. The molecule has 3 aromatic rings. The van der Waals surface area contributed by atoms with Gasteiger partial charge in [0.05, 0.1) is 6.10 Å². The molecule has 2 aromatic carbocycles. The Bertz CT molecular complexity index is 1220. The fourth-order valence-electron chi connectivity index (χ4n) is 4.67. The minimum atomic E-state index is -0.157. The molecule has 3 N–H and O–H groups in total. The Morgan fingerprint density at radius 1 is 0.892 bits per heavy atom. The van der Waals surface area contributed by atoms with Gasteiger partial charge in [-0.3, -0.25) is 9.59 Å². The second-order valence-corrected chi connectivity index (χ2v) is 9.44. The number of anilines is 3. The van der Waals surface area contributed by atoms with Gasteiger partial charge >= 0.3 is 0 Å². The predicted molar refractivity (Wildman–Crippen MR) is 143 cm³/mol. The number of amides is 2. The standard InChI is InChI=1S/C29H32N4O4/c34-28(31-19-26-7-4-12-37-26)23-15-22(16-25(17-23)32-24-5-2-1-3-6-24)21-8-11-30-27(18-21)33-29(35)20-9-13-36-14-10-20/h1-3,5-6,8,11,15-18,20,26,32H,4,7,9-10,12-14,19H2,(H,31,34)(H,30,33,35). The van der Waals surface area contributed by atoms with Crippen LogP contribution in [0.15, 0.2) is 66.9 Å². The molecule has 8 heteroatoms. The van der Waals surface area contributed by atoms with Gasteiger partial charge in [-0.25, -0.2) is 4.98 Å². The summed E-state index contributed by atoms with van der Waals surface area (Å²) in [5, 5.41) is 9.36. The average molecular weight is 501 g/mol. The molecule has 2 fully saturated rings. The zero-order chi connectivity index (χ0) is 25.5. The van der Waals surface area contributed by atoms with Crippen LogP contribution in [-0.2, 0) is 14.3 Å². The van der Waals surface area contributed by atoms with Crippen LogP contribution in [0.25, 0.3) is 11.1 Å². The van der Waals surface area contributed by atoms with E-state index in [0.717, 1.165) is 42.0 Å². The van der Waals surface area contributed by atoms with E-state index in [4.69, 9.17) is 9.47 Å². The van der Waals surface area contributed by atoms with Crippen molar-refractivity contribution in [1.29, 1.82) is 0 Å². The van der Waals surface area contributed by atoms with Crippen molar-refractivity contribution in [2.24, 2.45) is 5.92 Å². The molecule has 0 saturated carbocycles. The van der Waals surface area contributed by atoms with Crippen LogP contribution in [0, 0.1) is 5.92 Å². The van der Waals surface area contributed by atoms with E-state index in [2.05, 4.69) is 20.9 Å². The van der Waals surface area contributed by atoms with Crippen molar-refractivity contribution >= 4 is 29.0 Å².